The van der Waals surface area contributed by atoms with Gasteiger partial charge in [-0.1, -0.05) is 218 Å². The average molecular weight is 1010 g/mol. The van der Waals surface area contributed by atoms with E-state index in [1.165, 1.54) is 98.7 Å². The highest BCUT2D eigenvalue weighted by Gasteiger charge is 2.20. The minimum absolute atomic E-state index is 0.907. The van der Waals surface area contributed by atoms with Gasteiger partial charge in [0.25, 0.3) is 0 Å². The van der Waals surface area contributed by atoms with Crippen LogP contribution in [0, 0.1) is 0 Å². The zero-order valence-corrected chi connectivity index (χ0v) is 42.8. The molecule has 17 aromatic rings. The molecular weight excluding hydrogens is 961 g/mol. The maximum Gasteiger partial charge on any atom is 0.136 e. The summed E-state index contributed by atoms with van der Waals surface area (Å²) in [5, 5.41) is 16.8. The van der Waals surface area contributed by atoms with Crippen LogP contribution < -0.4 is 0 Å². The summed E-state index contributed by atoms with van der Waals surface area (Å²) in [5.41, 5.74) is 17.7. The molecule has 3 nitrogen and oxygen atoms in total. The van der Waals surface area contributed by atoms with E-state index < -0.39 is 0 Å². The number of hydrogen-bond donors (Lipinski definition) is 0. The molecule has 0 saturated carbocycles. The Labute approximate surface area is 454 Å². The van der Waals surface area contributed by atoms with E-state index in [-0.39, 0.29) is 0 Å². The molecule has 14 aromatic carbocycles. The first-order valence-electron chi connectivity index (χ1n) is 27.0. The topological polar surface area (TPSA) is 39.4 Å². The molecule has 0 aliphatic carbocycles. The fourth-order valence-electron chi connectivity index (χ4n) is 12.6. The van der Waals surface area contributed by atoms with Gasteiger partial charge in [-0.15, -0.1) is 0 Å². The molecule has 0 atom stereocenters. The van der Waals surface area contributed by atoms with Gasteiger partial charge in [-0.2, -0.15) is 0 Å². The van der Waals surface area contributed by atoms with Crippen LogP contribution in [0.2, 0.25) is 0 Å². The molecule has 17 rings (SSSR count). The zero-order chi connectivity index (χ0) is 52.0. The predicted octanol–water partition coefficient (Wildman–Crippen LogP) is 22.0. The van der Waals surface area contributed by atoms with E-state index in [1.807, 2.05) is 36.4 Å². The lowest BCUT2D eigenvalue weighted by Gasteiger charge is -2.17. The van der Waals surface area contributed by atoms with Gasteiger partial charge >= 0.3 is 0 Å². The van der Waals surface area contributed by atoms with Gasteiger partial charge in [-0.05, 0) is 159 Å². The molecule has 79 heavy (non-hydrogen) atoms. The maximum atomic E-state index is 6.23. The highest BCUT2D eigenvalue weighted by molar-refractivity contribution is 6.23. The highest BCUT2D eigenvalue weighted by Crippen LogP contribution is 2.47. The summed E-state index contributed by atoms with van der Waals surface area (Å²) < 4.78 is 18.6. The second-order valence-electron chi connectivity index (χ2n) is 20.6. The number of benzene rings is 14. The standard InChI is InChI=1S/C44H26O2.C32H20O/c1-2-10-27(11-3-1)44-34-16-8-14-30(28-20-22-42-38(24-28)32-12-4-6-18-40(32)45-42)36(34)26-37-31(15-9-17-35(37)44)29-21-23-43-39(25-29)33-13-5-7-19-41(33)46-43;1-2-10-21(11-3-1)31-25-13-4-6-15-27(25)32(28-16-7-5-14-26(28)31)22-18-19-24-23-12-8-9-17-29(23)33-30(24)20-22/h1-26H;1-20H. The first kappa shape index (κ1) is 44.8. The summed E-state index contributed by atoms with van der Waals surface area (Å²) >= 11 is 0. The van der Waals surface area contributed by atoms with Crippen LogP contribution in [0.25, 0.3) is 165 Å². The first-order chi connectivity index (χ1) is 39.2. The molecule has 3 heteroatoms. The monoisotopic (exact) mass is 1010 g/mol. The van der Waals surface area contributed by atoms with E-state index >= 15 is 0 Å². The lowest BCUT2D eigenvalue weighted by molar-refractivity contribution is 0.668. The third-order valence-electron chi connectivity index (χ3n) is 16.1. The lowest BCUT2D eigenvalue weighted by Crippen LogP contribution is -1.90. The Morgan fingerprint density at radius 1 is 0.152 bits per heavy atom. The average Bonchev–Trinajstić information content (AvgIpc) is 4.26. The Morgan fingerprint density at radius 3 is 0.924 bits per heavy atom. The molecule has 0 bridgehead atoms. The van der Waals surface area contributed by atoms with Crippen LogP contribution in [0.15, 0.2) is 292 Å². The van der Waals surface area contributed by atoms with E-state index in [4.69, 9.17) is 13.3 Å². The number of furan rings is 3. The Morgan fingerprint density at radius 2 is 0.468 bits per heavy atom. The molecule has 0 aliphatic heterocycles. The molecule has 0 radical (unpaired) electrons. The van der Waals surface area contributed by atoms with Crippen LogP contribution in [-0.2, 0) is 0 Å². The minimum atomic E-state index is 0.907. The summed E-state index contributed by atoms with van der Waals surface area (Å²) in [6.45, 7) is 0. The maximum absolute atomic E-state index is 6.23. The molecule has 0 spiro atoms. The normalized spacial score (nSPS) is 11.8. The first-order valence-corrected chi connectivity index (χ1v) is 27.0. The van der Waals surface area contributed by atoms with Crippen molar-refractivity contribution in [2.24, 2.45) is 0 Å². The third kappa shape index (κ3) is 7.28. The van der Waals surface area contributed by atoms with Crippen molar-refractivity contribution in [1.82, 2.24) is 0 Å². The van der Waals surface area contributed by atoms with E-state index in [2.05, 4.69) is 243 Å². The second kappa shape index (κ2) is 18.1. The summed E-state index contributed by atoms with van der Waals surface area (Å²) in [5.74, 6) is 0. The number of rotatable bonds is 5. The van der Waals surface area contributed by atoms with E-state index in [0.717, 1.165) is 65.8 Å². The van der Waals surface area contributed by atoms with Crippen molar-refractivity contribution in [3.05, 3.63) is 279 Å². The van der Waals surface area contributed by atoms with Gasteiger partial charge < -0.3 is 13.3 Å². The lowest BCUT2D eigenvalue weighted by atomic mass is 9.86. The van der Waals surface area contributed by atoms with E-state index in [0.29, 0.717) is 0 Å². The van der Waals surface area contributed by atoms with Crippen molar-refractivity contribution in [2.75, 3.05) is 0 Å². The van der Waals surface area contributed by atoms with Crippen LogP contribution in [0.4, 0.5) is 0 Å². The van der Waals surface area contributed by atoms with Crippen molar-refractivity contribution in [3.63, 3.8) is 0 Å². The Bertz CT molecular complexity index is 5020. The summed E-state index contributed by atoms with van der Waals surface area (Å²) in [6, 6.07) is 99.4. The van der Waals surface area contributed by atoms with Crippen LogP contribution in [-0.4, -0.2) is 0 Å². The third-order valence-corrected chi connectivity index (χ3v) is 16.1. The molecule has 0 aliphatic rings. The van der Waals surface area contributed by atoms with Gasteiger partial charge in [0, 0.05) is 32.3 Å². The minimum Gasteiger partial charge on any atom is -0.456 e. The molecule has 0 saturated heterocycles. The smallest absolute Gasteiger partial charge is 0.136 e. The number of para-hydroxylation sites is 3. The van der Waals surface area contributed by atoms with Gasteiger partial charge in [0.05, 0.1) is 0 Å². The summed E-state index contributed by atoms with van der Waals surface area (Å²) in [7, 11) is 0. The van der Waals surface area contributed by atoms with Crippen molar-refractivity contribution >= 4 is 109 Å². The fraction of sp³-hybridized carbons (Fsp3) is 0. The van der Waals surface area contributed by atoms with Gasteiger partial charge in [-0.3, -0.25) is 0 Å². The van der Waals surface area contributed by atoms with Gasteiger partial charge in [0.15, 0.2) is 0 Å². The van der Waals surface area contributed by atoms with E-state index in [1.54, 1.807) is 0 Å². The summed E-state index contributed by atoms with van der Waals surface area (Å²) in [6.07, 6.45) is 0. The predicted molar refractivity (Wildman–Crippen MR) is 332 cm³/mol. The quantitative estimate of drug-likeness (QED) is 0.161. The van der Waals surface area contributed by atoms with Crippen LogP contribution in [0.5, 0.6) is 0 Å². The van der Waals surface area contributed by atoms with Crippen molar-refractivity contribution in [3.8, 4) is 55.6 Å². The number of fused-ring (bicyclic) bond motifs is 13. The Hall–Kier alpha value is -10.5. The molecule has 0 unspecified atom stereocenters. The van der Waals surface area contributed by atoms with Gasteiger partial charge in [-0.25, -0.2) is 0 Å². The van der Waals surface area contributed by atoms with Crippen LogP contribution >= 0.6 is 0 Å². The highest BCUT2D eigenvalue weighted by atomic mass is 16.3. The molecule has 3 heterocycles. The second-order valence-corrected chi connectivity index (χ2v) is 20.6. The summed E-state index contributed by atoms with van der Waals surface area (Å²) in [4.78, 5) is 0. The van der Waals surface area contributed by atoms with Crippen LogP contribution in [0.3, 0.4) is 0 Å². The molecule has 0 amide bonds. The Balaban J connectivity index is 0.000000139. The molecule has 0 fully saturated rings. The Kier molecular flexibility index (Phi) is 10.3. The van der Waals surface area contributed by atoms with E-state index in [9.17, 15) is 0 Å². The molecule has 368 valence electrons. The molecular formula is C76H46O3. The van der Waals surface area contributed by atoms with Crippen molar-refractivity contribution in [2.45, 2.75) is 0 Å². The largest absolute Gasteiger partial charge is 0.456 e. The molecule has 3 aromatic heterocycles. The van der Waals surface area contributed by atoms with Crippen molar-refractivity contribution < 1.29 is 13.3 Å². The van der Waals surface area contributed by atoms with Crippen molar-refractivity contribution in [1.29, 1.82) is 0 Å². The van der Waals surface area contributed by atoms with Gasteiger partial charge in [0.1, 0.15) is 33.5 Å². The fourth-order valence-corrected chi connectivity index (χ4v) is 12.6. The number of hydrogen-bond acceptors (Lipinski definition) is 3. The van der Waals surface area contributed by atoms with Gasteiger partial charge in [0.2, 0.25) is 0 Å². The van der Waals surface area contributed by atoms with Crippen LogP contribution in [0.1, 0.15) is 0 Å². The molecule has 0 N–H and O–H groups in total. The zero-order valence-electron chi connectivity index (χ0n) is 42.8. The SMILES string of the molecule is c1ccc(-c2c3cccc(-c4ccc5oc6ccccc6c5c4)c3cc3c(-c4ccc5oc6ccccc6c5c4)cccc23)cc1.c1ccc(-c2c3ccccc3c(-c3ccc4c(c3)oc3ccccc34)c3ccccc23)cc1.